The van der Waals surface area contributed by atoms with Crippen molar-refractivity contribution in [1.82, 2.24) is 9.97 Å². The van der Waals surface area contributed by atoms with E-state index in [-0.39, 0.29) is 6.42 Å². The lowest BCUT2D eigenvalue weighted by molar-refractivity contribution is 0.621. The number of hydrogen-bond donors (Lipinski definition) is 0. The smallest absolute Gasteiger partial charge is 0.227 e. The third-order valence-corrected chi connectivity index (χ3v) is 4.38. The van der Waals surface area contributed by atoms with Crippen LogP contribution in [0.25, 0.3) is 33.3 Å². The molecule has 3 aromatic heterocycles. The average Bonchev–Trinajstić information content (AvgIpc) is 3.04. The molecule has 4 aromatic rings. The number of pyridine rings is 2. The largest absolute Gasteiger partial charge is 0.437 e. The van der Waals surface area contributed by atoms with E-state index < -0.39 is 12.7 Å². The first-order valence-electron chi connectivity index (χ1n) is 10.5. The minimum atomic E-state index is -2.39. The maximum atomic E-state index is 8.17. The van der Waals surface area contributed by atoms with Crippen LogP contribution in [0.4, 0.5) is 0 Å². The Balaban J connectivity index is 1.80. The van der Waals surface area contributed by atoms with E-state index in [0.29, 0.717) is 17.0 Å². The molecular formula is C22H22N2O. The summed E-state index contributed by atoms with van der Waals surface area (Å²) >= 11 is 0. The van der Waals surface area contributed by atoms with Gasteiger partial charge in [-0.25, -0.2) is 4.98 Å². The van der Waals surface area contributed by atoms with Crippen LogP contribution in [-0.4, -0.2) is 9.97 Å². The van der Waals surface area contributed by atoms with Crippen LogP contribution in [0.5, 0.6) is 0 Å². The summed E-state index contributed by atoms with van der Waals surface area (Å²) in [7, 11) is 0. The molecule has 0 N–H and O–H groups in total. The van der Waals surface area contributed by atoms with Gasteiger partial charge in [-0.05, 0) is 48.6 Å². The molecule has 0 fully saturated rings. The van der Waals surface area contributed by atoms with Crippen molar-refractivity contribution in [2.24, 2.45) is 5.89 Å². The van der Waals surface area contributed by atoms with Gasteiger partial charge >= 0.3 is 0 Å². The van der Waals surface area contributed by atoms with Gasteiger partial charge in [0.25, 0.3) is 0 Å². The fourth-order valence-electron chi connectivity index (χ4n) is 3.08. The Morgan fingerprint density at radius 1 is 1.16 bits per heavy atom. The first kappa shape index (κ1) is 11.8. The SMILES string of the molecule is [2H]C([2H])([2H])C([2H])(C)Cc1ccc2c(n1)oc1c(-c3ccc(CC)cn3)cccc12. The van der Waals surface area contributed by atoms with Crippen molar-refractivity contribution >= 4 is 22.1 Å². The molecule has 0 amide bonds. The molecule has 1 atom stereocenters. The Morgan fingerprint density at radius 3 is 2.84 bits per heavy atom. The third-order valence-electron chi connectivity index (χ3n) is 4.38. The van der Waals surface area contributed by atoms with Gasteiger partial charge in [-0.3, -0.25) is 4.98 Å². The van der Waals surface area contributed by atoms with Gasteiger partial charge in [0.15, 0.2) is 0 Å². The zero-order valence-electron chi connectivity index (χ0n) is 18.3. The topological polar surface area (TPSA) is 38.9 Å². The van der Waals surface area contributed by atoms with Gasteiger partial charge in [0.2, 0.25) is 5.71 Å². The van der Waals surface area contributed by atoms with E-state index in [9.17, 15) is 0 Å². The molecule has 4 rings (SSSR count). The molecule has 1 aromatic carbocycles. The van der Waals surface area contributed by atoms with Crippen molar-refractivity contribution < 1.29 is 9.90 Å². The maximum Gasteiger partial charge on any atom is 0.227 e. The molecule has 3 nitrogen and oxygen atoms in total. The van der Waals surface area contributed by atoms with Crippen LogP contribution in [0.3, 0.4) is 0 Å². The first-order chi connectivity index (χ1) is 13.7. The second kappa shape index (κ2) is 6.32. The molecule has 126 valence electrons. The predicted molar refractivity (Wildman–Crippen MR) is 103 cm³/mol. The summed E-state index contributed by atoms with van der Waals surface area (Å²) in [6.45, 7) is 1.11. The normalized spacial score (nSPS) is 16.9. The van der Waals surface area contributed by atoms with Crippen LogP contribution < -0.4 is 0 Å². The lowest BCUT2D eigenvalue weighted by atomic mass is 10.0. The van der Waals surface area contributed by atoms with Gasteiger partial charge in [-0.2, -0.15) is 0 Å². The molecule has 3 heteroatoms. The van der Waals surface area contributed by atoms with Crippen LogP contribution in [0, 0.1) is 5.89 Å². The van der Waals surface area contributed by atoms with Crippen LogP contribution >= 0.6 is 0 Å². The zero-order valence-corrected chi connectivity index (χ0v) is 14.3. The minimum absolute atomic E-state index is 0.0172. The van der Waals surface area contributed by atoms with Crippen molar-refractivity contribution in [3.05, 3.63) is 59.9 Å². The van der Waals surface area contributed by atoms with Gasteiger partial charge in [0.1, 0.15) is 5.58 Å². The summed E-state index contributed by atoms with van der Waals surface area (Å²) in [5.74, 6) is -1.62. The fraction of sp³-hybridized carbons (Fsp3) is 0.273. The quantitative estimate of drug-likeness (QED) is 0.473. The summed E-state index contributed by atoms with van der Waals surface area (Å²) in [5, 5.41) is 1.79. The maximum absolute atomic E-state index is 8.17. The standard InChI is InChI=1S/C22H22N2O/c1-4-15-8-11-20(23-13-15)19-7-5-6-17-18-10-9-16(12-14(2)3)24-22(18)25-21(17)19/h5-11,13-14H,4,12H2,1-3H3/i2D3,14D. The minimum Gasteiger partial charge on any atom is -0.437 e. The molecule has 0 spiro atoms. The van der Waals surface area contributed by atoms with E-state index in [2.05, 4.69) is 23.0 Å². The number of para-hydroxylation sites is 1. The highest BCUT2D eigenvalue weighted by atomic mass is 16.3. The number of nitrogens with zero attached hydrogens (tertiary/aromatic N) is 2. The van der Waals surface area contributed by atoms with Crippen molar-refractivity contribution in [2.75, 3.05) is 0 Å². The Labute approximate surface area is 153 Å². The van der Waals surface area contributed by atoms with Gasteiger partial charge in [-0.1, -0.05) is 38.9 Å². The fourth-order valence-corrected chi connectivity index (χ4v) is 3.08. The summed E-state index contributed by atoms with van der Waals surface area (Å²) in [4.78, 5) is 9.08. The van der Waals surface area contributed by atoms with Gasteiger partial charge < -0.3 is 4.42 Å². The Kier molecular flexibility index (Phi) is 2.98. The monoisotopic (exact) mass is 334 g/mol. The van der Waals surface area contributed by atoms with Crippen LogP contribution in [0.2, 0.25) is 0 Å². The van der Waals surface area contributed by atoms with E-state index in [1.54, 1.807) is 6.07 Å². The van der Waals surface area contributed by atoms with Crippen molar-refractivity contribution in [3.8, 4) is 11.3 Å². The van der Waals surface area contributed by atoms with Gasteiger partial charge in [0, 0.05) is 33.7 Å². The van der Waals surface area contributed by atoms with E-state index in [0.717, 1.165) is 28.5 Å². The van der Waals surface area contributed by atoms with Crippen LogP contribution in [0.1, 0.15) is 37.4 Å². The molecule has 25 heavy (non-hydrogen) atoms. The second-order valence-corrected chi connectivity index (χ2v) is 6.30. The first-order valence-corrected chi connectivity index (χ1v) is 8.46. The highest BCUT2D eigenvalue weighted by Gasteiger charge is 2.14. The molecule has 0 saturated carbocycles. The molecule has 0 bridgehead atoms. The molecule has 3 heterocycles. The number of hydrogen-bond acceptors (Lipinski definition) is 3. The lowest BCUT2D eigenvalue weighted by Crippen LogP contribution is -1.96. The third kappa shape index (κ3) is 2.91. The summed E-state index contributed by atoms with van der Waals surface area (Å²) in [5.41, 5.74) is 4.55. The molecule has 0 aliphatic rings. The summed E-state index contributed by atoms with van der Waals surface area (Å²) < 4.78 is 37.0. The molecular weight excluding hydrogens is 308 g/mol. The van der Waals surface area contributed by atoms with Crippen molar-refractivity contribution in [2.45, 2.75) is 33.5 Å². The average molecular weight is 334 g/mol. The number of rotatable bonds is 4. The van der Waals surface area contributed by atoms with E-state index in [4.69, 9.17) is 9.90 Å². The Bertz CT molecular complexity index is 1180. The van der Waals surface area contributed by atoms with E-state index >= 15 is 0 Å². The van der Waals surface area contributed by atoms with Crippen molar-refractivity contribution in [1.29, 1.82) is 0 Å². The highest BCUT2D eigenvalue weighted by molar-refractivity contribution is 6.08. The summed E-state index contributed by atoms with van der Waals surface area (Å²) in [6, 6.07) is 13.6. The van der Waals surface area contributed by atoms with Gasteiger partial charge in [0.05, 0.1) is 5.69 Å². The number of aryl methyl sites for hydroxylation is 1. The van der Waals surface area contributed by atoms with Crippen LogP contribution in [-0.2, 0) is 12.8 Å². The summed E-state index contributed by atoms with van der Waals surface area (Å²) in [6.07, 6.45) is 2.82. The molecule has 0 radical (unpaired) electrons. The van der Waals surface area contributed by atoms with E-state index in [1.165, 1.54) is 12.5 Å². The number of furan rings is 1. The zero-order chi connectivity index (χ0) is 20.8. The van der Waals surface area contributed by atoms with E-state index in [1.807, 2.05) is 36.5 Å². The molecule has 0 saturated heterocycles. The van der Waals surface area contributed by atoms with Crippen molar-refractivity contribution in [3.63, 3.8) is 0 Å². The number of benzene rings is 1. The Hall–Kier alpha value is -2.68. The highest BCUT2D eigenvalue weighted by Crippen LogP contribution is 2.34. The molecule has 0 aliphatic heterocycles. The second-order valence-electron chi connectivity index (χ2n) is 6.30. The number of aromatic nitrogens is 2. The molecule has 1 unspecified atom stereocenters. The molecule has 0 aliphatic carbocycles. The Morgan fingerprint density at radius 2 is 2.08 bits per heavy atom. The predicted octanol–water partition coefficient (Wildman–Crippen LogP) is 5.80. The van der Waals surface area contributed by atoms with Crippen LogP contribution in [0.15, 0.2) is 53.1 Å². The number of fused-ring (bicyclic) bond motifs is 3. The van der Waals surface area contributed by atoms with Gasteiger partial charge in [-0.15, -0.1) is 0 Å². The lowest BCUT2D eigenvalue weighted by Gasteiger charge is -2.03.